The van der Waals surface area contributed by atoms with Crippen LogP contribution in [0.1, 0.15) is 49.7 Å². The van der Waals surface area contributed by atoms with Gasteiger partial charge in [0, 0.05) is 98.9 Å². The molecule has 6 aromatic heterocycles. The molecule has 8 rings (SSSR count). The molecule has 0 aromatic carbocycles. The standard InChI is InChI=1S/C36H43BBrN14O2/c38-27-18-46-52-33(42-14-22-15-43-36(39)44-16-22)11-31(50-35(27)52)48-29-9-25(7-6-24(29)20-54)37-26-17-45-51-32(41-13-21-3-2-8-40-12-21)10-30(49-34(26)51)47-28-5-1-4-23(28)19-53/h2-3,8,10-12,15-18,23-25,28-29,41-42,53-54H,1,4-7,9,13-14,19-20H2,(H,47,49)(H,48,50)(H2,39,43,44)/t23-,24+,25?,28-,29+/m0/s1. The molecule has 6 heterocycles. The van der Waals surface area contributed by atoms with Gasteiger partial charge < -0.3 is 37.2 Å². The summed E-state index contributed by atoms with van der Waals surface area (Å²) >= 11 is 3.60. The van der Waals surface area contributed by atoms with Gasteiger partial charge in [-0.05, 0) is 58.7 Å². The van der Waals surface area contributed by atoms with Crippen molar-refractivity contribution in [3.05, 3.63) is 77.0 Å². The highest BCUT2D eigenvalue weighted by molar-refractivity contribution is 9.10. The predicted octanol–water partition coefficient (Wildman–Crippen LogP) is 3.49. The number of nitrogens with one attached hydrogen (secondary N) is 4. The van der Waals surface area contributed by atoms with Gasteiger partial charge in [0.15, 0.2) is 18.6 Å². The molecule has 2 fully saturated rings. The Morgan fingerprint density at radius 1 is 0.796 bits per heavy atom. The van der Waals surface area contributed by atoms with E-state index in [0.29, 0.717) is 24.6 Å². The molecule has 0 spiro atoms. The lowest BCUT2D eigenvalue weighted by Gasteiger charge is -2.36. The van der Waals surface area contributed by atoms with Crippen molar-refractivity contribution in [2.75, 3.05) is 40.2 Å². The first-order chi connectivity index (χ1) is 26.4. The maximum atomic E-state index is 10.5. The van der Waals surface area contributed by atoms with Crippen molar-refractivity contribution in [1.82, 2.24) is 44.1 Å². The minimum atomic E-state index is -0.0403. The monoisotopic (exact) mass is 793 g/mol. The minimum Gasteiger partial charge on any atom is -0.396 e. The number of hydrogen-bond acceptors (Lipinski definition) is 14. The Kier molecular flexibility index (Phi) is 10.7. The molecular weight excluding hydrogens is 751 g/mol. The molecule has 1 radical (unpaired) electrons. The van der Waals surface area contributed by atoms with Crippen LogP contribution in [0.4, 0.5) is 29.2 Å². The predicted molar refractivity (Wildman–Crippen MR) is 212 cm³/mol. The molecule has 0 saturated heterocycles. The number of aliphatic hydroxyl groups excluding tert-OH is 2. The van der Waals surface area contributed by atoms with E-state index in [2.05, 4.69) is 64.5 Å². The van der Waals surface area contributed by atoms with E-state index in [0.717, 1.165) is 82.7 Å². The number of hydrogen-bond donors (Lipinski definition) is 7. The van der Waals surface area contributed by atoms with Crippen LogP contribution in [0.3, 0.4) is 0 Å². The summed E-state index contributed by atoms with van der Waals surface area (Å²) in [4.78, 5) is 22.4. The van der Waals surface area contributed by atoms with Gasteiger partial charge in [-0.1, -0.05) is 24.7 Å². The molecule has 0 amide bonds. The van der Waals surface area contributed by atoms with Crippen LogP contribution < -0.4 is 32.5 Å². The third-order valence-electron chi connectivity index (χ3n) is 10.6. The summed E-state index contributed by atoms with van der Waals surface area (Å²) in [6.07, 6.45) is 16.2. The van der Waals surface area contributed by atoms with E-state index in [1.165, 1.54) is 0 Å². The second-order valence-electron chi connectivity index (χ2n) is 14.2. The number of nitrogens with zero attached hydrogens (tertiary/aromatic N) is 9. The van der Waals surface area contributed by atoms with Gasteiger partial charge in [0.2, 0.25) is 5.95 Å². The first-order valence-electron chi connectivity index (χ1n) is 18.4. The van der Waals surface area contributed by atoms with Crippen LogP contribution in [0, 0.1) is 11.8 Å². The van der Waals surface area contributed by atoms with E-state index in [-0.39, 0.29) is 48.9 Å². The number of aliphatic hydroxyl groups is 2. The number of nitrogen functional groups attached to an aromatic ring is 1. The summed E-state index contributed by atoms with van der Waals surface area (Å²) in [7, 11) is 2.27. The molecule has 2 aliphatic carbocycles. The molecule has 6 aromatic rings. The maximum Gasteiger partial charge on any atom is 0.219 e. The Bertz CT molecular complexity index is 2190. The zero-order valence-corrected chi connectivity index (χ0v) is 31.3. The zero-order chi connectivity index (χ0) is 37.0. The van der Waals surface area contributed by atoms with Gasteiger partial charge in [0.25, 0.3) is 0 Å². The molecule has 18 heteroatoms. The van der Waals surface area contributed by atoms with E-state index in [9.17, 15) is 10.2 Å². The van der Waals surface area contributed by atoms with Gasteiger partial charge >= 0.3 is 0 Å². The molecule has 54 heavy (non-hydrogen) atoms. The molecule has 0 aliphatic heterocycles. The van der Waals surface area contributed by atoms with Crippen LogP contribution in [-0.4, -0.2) is 86.9 Å². The second-order valence-corrected chi connectivity index (χ2v) is 15.0. The quantitative estimate of drug-likeness (QED) is 0.0787. The molecule has 2 saturated carbocycles. The largest absolute Gasteiger partial charge is 0.396 e. The van der Waals surface area contributed by atoms with Crippen molar-refractivity contribution in [2.45, 2.75) is 69.5 Å². The average Bonchev–Trinajstić information content (AvgIpc) is 3.93. The molecule has 5 atom stereocenters. The van der Waals surface area contributed by atoms with Gasteiger partial charge in [0.1, 0.15) is 23.3 Å². The summed E-state index contributed by atoms with van der Waals surface area (Å²) in [5.74, 6) is 3.66. The van der Waals surface area contributed by atoms with Crippen LogP contribution in [0.25, 0.3) is 11.3 Å². The third-order valence-corrected chi connectivity index (χ3v) is 11.1. The number of pyridine rings is 1. The van der Waals surface area contributed by atoms with E-state index < -0.39 is 0 Å². The fourth-order valence-electron chi connectivity index (χ4n) is 7.67. The second kappa shape index (κ2) is 16.1. The highest BCUT2D eigenvalue weighted by atomic mass is 79.9. The van der Waals surface area contributed by atoms with Crippen LogP contribution in [0.15, 0.2) is 65.9 Å². The number of rotatable bonds is 14. The summed E-state index contributed by atoms with van der Waals surface area (Å²) in [5.41, 5.74) is 9.95. The Hall–Kier alpha value is -5.07. The molecule has 8 N–H and O–H groups in total. The lowest BCUT2D eigenvalue weighted by atomic mass is 9.53. The van der Waals surface area contributed by atoms with Gasteiger partial charge in [0.05, 0.1) is 10.7 Å². The highest BCUT2D eigenvalue weighted by Gasteiger charge is 2.32. The SMILES string of the molecule is Nc1ncc(CNc2cc(N[C@@H]3CC([B]c4cnn5c(NCc6cccnc6)cc(N[C@H]6CCC[C@H]6CO)nc45)CC[C@@H]3CO)nc3c(Br)cnn23)cn1. The van der Waals surface area contributed by atoms with E-state index in [1.807, 2.05) is 41.2 Å². The first-order valence-corrected chi connectivity index (χ1v) is 19.2. The number of fused-ring (bicyclic) bond motifs is 2. The fraction of sp³-hybridized carbons (Fsp3) is 0.417. The van der Waals surface area contributed by atoms with Crippen molar-refractivity contribution in [3.63, 3.8) is 0 Å². The summed E-state index contributed by atoms with van der Waals surface area (Å²) in [6.45, 7) is 1.27. The van der Waals surface area contributed by atoms with Crippen molar-refractivity contribution in [3.8, 4) is 0 Å². The van der Waals surface area contributed by atoms with Crippen molar-refractivity contribution in [1.29, 1.82) is 0 Å². The van der Waals surface area contributed by atoms with Gasteiger partial charge in [-0.25, -0.2) is 19.9 Å². The van der Waals surface area contributed by atoms with E-state index in [4.69, 9.17) is 20.8 Å². The number of aromatic nitrogens is 9. The van der Waals surface area contributed by atoms with Crippen LogP contribution >= 0.6 is 15.9 Å². The normalized spacial score (nSPS) is 21.4. The van der Waals surface area contributed by atoms with E-state index in [1.54, 1.807) is 29.3 Å². The Balaban J connectivity index is 1.02. The van der Waals surface area contributed by atoms with Crippen LogP contribution in [0.2, 0.25) is 5.82 Å². The zero-order valence-electron chi connectivity index (χ0n) is 29.7. The van der Waals surface area contributed by atoms with Gasteiger partial charge in [-0.2, -0.15) is 19.2 Å². The maximum absolute atomic E-state index is 10.5. The summed E-state index contributed by atoms with van der Waals surface area (Å²) < 4.78 is 4.36. The molecule has 279 valence electrons. The van der Waals surface area contributed by atoms with Crippen molar-refractivity contribution >= 4 is 69.2 Å². The Morgan fingerprint density at radius 3 is 2.22 bits per heavy atom. The summed E-state index contributed by atoms with van der Waals surface area (Å²) in [6, 6.07) is 8.01. The Labute approximate surface area is 321 Å². The van der Waals surface area contributed by atoms with Crippen molar-refractivity contribution < 1.29 is 10.2 Å². The third kappa shape index (κ3) is 7.90. The summed E-state index contributed by atoms with van der Waals surface area (Å²) in [5, 5.41) is 44.0. The lowest BCUT2D eigenvalue weighted by molar-refractivity contribution is 0.178. The molecular formula is C36H43BBrN14O2. The van der Waals surface area contributed by atoms with Crippen LogP contribution in [-0.2, 0) is 13.1 Å². The average molecular weight is 795 g/mol. The molecule has 0 bridgehead atoms. The first kappa shape index (κ1) is 35.9. The highest BCUT2D eigenvalue weighted by Crippen LogP contribution is 2.35. The Morgan fingerprint density at radius 2 is 1.48 bits per heavy atom. The van der Waals surface area contributed by atoms with Crippen molar-refractivity contribution in [2.24, 2.45) is 11.8 Å². The smallest absolute Gasteiger partial charge is 0.219 e. The van der Waals surface area contributed by atoms with E-state index >= 15 is 0 Å². The lowest BCUT2D eigenvalue weighted by Crippen LogP contribution is -2.39. The molecule has 16 nitrogen and oxygen atoms in total. The van der Waals surface area contributed by atoms with Gasteiger partial charge in [-0.15, -0.1) is 0 Å². The number of halogens is 1. The molecule has 1 unspecified atom stereocenters. The number of anilines is 5. The van der Waals surface area contributed by atoms with Crippen LogP contribution in [0.5, 0.6) is 0 Å². The fourth-order valence-corrected chi connectivity index (χ4v) is 8.02. The topological polar surface area (TPSA) is 214 Å². The molecule has 2 aliphatic rings. The minimum absolute atomic E-state index is 0.0403. The van der Waals surface area contributed by atoms with Gasteiger partial charge in [-0.3, -0.25) is 4.98 Å². The number of nitrogens with two attached hydrogens (primary N) is 1.